The summed E-state index contributed by atoms with van der Waals surface area (Å²) in [5, 5.41) is 20.4. The maximum Gasteiger partial charge on any atom is 0.0972 e. The smallest absolute Gasteiger partial charge is 0.0972 e. The van der Waals surface area contributed by atoms with Gasteiger partial charge in [-0.15, -0.1) is 0 Å². The fourth-order valence-electron chi connectivity index (χ4n) is 11.2. The Hall–Kier alpha value is -8.72. The van der Waals surface area contributed by atoms with E-state index < -0.39 is 0 Å². The first-order valence-corrected chi connectivity index (χ1v) is 22.7. The highest BCUT2D eigenvalue weighted by Crippen LogP contribution is 2.50. The molecule has 66 heavy (non-hydrogen) atoms. The summed E-state index contributed by atoms with van der Waals surface area (Å²) in [6, 6.07) is 82.2. The number of rotatable bonds is 5. The second-order valence-electron chi connectivity index (χ2n) is 17.5. The normalized spacial score (nSPS) is 11.9. The predicted octanol–water partition coefficient (Wildman–Crippen LogP) is 17.5. The van der Waals surface area contributed by atoms with Crippen LogP contribution in [0, 0.1) is 0 Å². The fourth-order valence-corrected chi connectivity index (χ4v) is 11.2. The first kappa shape index (κ1) is 36.7. The predicted molar refractivity (Wildman–Crippen MR) is 280 cm³/mol. The molecule has 0 aliphatic carbocycles. The van der Waals surface area contributed by atoms with E-state index in [-0.39, 0.29) is 0 Å². The van der Waals surface area contributed by atoms with Gasteiger partial charge < -0.3 is 0 Å². The van der Waals surface area contributed by atoms with Crippen LogP contribution in [0.3, 0.4) is 0 Å². The van der Waals surface area contributed by atoms with Crippen molar-refractivity contribution >= 4 is 86.2 Å². The largest absolute Gasteiger partial charge is 0.252 e. The average molecular weight is 835 g/mol. The molecule has 0 aliphatic rings. The van der Waals surface area contributed by atoms with Gasteiger partial charge in [0.2, 0.25) is 0 Å². The van der Waals surface area contributed by atoms with Crippen LogP contribution in [0.2, 0.25) is 0 Å². The van der Waals surface area contributed by atoms with Crippen LogP contribution >= 0.6 is 0 Å². The molecule has 0 bridgehead atoms. The molecule has 0 unspecified atom stereocenters. The third-order valence-electron chi connectivity index (χ3n) is 14.0. The molecule has 0 spiro atoms. The summed E-state index contributed by atoms with van der Waals surface area (Å²) < 4.78 is 0. The molecule has 2 heteroatoms. The van der Waals surface area contributed by atoms with Gasteiger partial charge in [0.25, 0.3) is 0 Å². The Labute approximate surface area is 381 Å². The summed E-state index contributed by atoms with van der Waals surface area (Å²) in [4.78, 5) is 10.3. The van der Waals surface area contributed by atoms with Crippen molar-refractivity contribution in [3.05, 3.63) is 231 Å². The Morgan fingerprint density at radius 3 is 1.26 bits per heavy atom. The van der Waals surface area contributed by atoms with Crippen LogP contribution in [-0.4, -0.2) is 9.97 Å². The molecule has 1 aromatic heterocycles. The van der Waals surface area contributed by atoms with E-state index in [0.29, 0.717) is 0 Å². The first-order chi connectivity index (χ1) is 32.8. The van der Waals surface area contributed by atoms with Gasteiger partial charge in [0, 0.05) is 16.7 Å². The standard InChI is InChI=1S/C64H38N2/c1-3-15-43(16-4-1)63-64(44-17-5-2-6-18-44)66-56(38-65-63)39-31-33-42(34-32-39)57-46-22-7-9-24-51(46)61(52-25-10-8-23-47(52)57)55-37-45-21-13-28-49-48-26-11-19-40-35-36-41-20-12-27-50(59(41)58(40)48)53-29-14-30-54(55)62(53)60(45)49/h1-38H. The molecule has 0 fully saturated rings. The molecule has 0 radical (unpaired) electrons. The average Bonchev–Trinajstić information content (AvgIpc) is 3.39. The number of fused-ring (bicyclic) bond motifs is 4. The van der Waals surface area contributed by atoms with Crippen molar-refractivity contribution in [2.24, 2.45) is 0 Å². The zero-order chi connectivity index (χ0) is 43.3. The summed E-state index contributed by atoms with van der Waals surface area (Å²) >= 11 is 0. The molecule has 0 aliphatic heterocycles. The monoisotopic (exact) mass is 834 g/mol. The quantitative estimate of drug-likeness (QED) is 0.127. The molecule has 1 heterocycles. The Kier molecular flexibility index (Phi) is 8.02. The summed E-state index contributed by atoms with van der Waals surface area (Å²) in [5.41, 5.74) is 10.6. The lowest BCUT2D eigenvalue weighted by atomic mass is 9.82. The first-order valence-electron chi connectivity index (χ1n) is 22.7. The zero-order valence-corrected chi connectivity index (χ0v) is 35.8. The third kappa shape index (κ3) is 5.42. The van der Waals surface area contributed by atoms with E-state index in [1.165, 1.54) is 103 Å². The lowest BCUT2D eigenvalue weighted by Gasteiger charge is -2.21. The third-order valence-corrected chi connectivity index (χ3v) is 14.0. The van der Waals surface area contributed by atoms with Crippen molar-refractivity contribution in [2.45, 2.75) is 0 Å². The topological polar surface area (TPSA) is 25.8 Å². The summed E-state index contributed by atoms with van der Waals surface area (Å²) in [6.07, 6.45) is 1.91. The Bertz CT molecular complexity index is 4190. The molecular formula is C64H38N2. The maximum atomic E-state index is 5.28. The van der Waals surface area contributed by atoms with Crippen LogP contribution in [0.5, 0.6) is 0 Å². The maximum absolute atomic E-state index is 5.28. The van der Waals surface area contributed by atoms with Gasteiger partial charge in [-0.2, -0.15) is 0 Å². The molecule has 2 nitrogen and oxygen atoms in total. The van der Waals surface area contributed by atoms with Crippen molar-refractivity contribution in [2.75, 3.05) is 0 Å². The molecule has 0 N–H and O–H groups in total. The Morgan fingerprint density at radius 1 is 0.258 bits per heavy atom. The molecule has 0 amide bonds. The molecule has 13 aromatic carbocycles. The molecule has 304 valence electrons. The van der Waals surface area contributed by atoms with Gasteiger partial charge in [0.05, 0.1) is 23.3 Å². The number of hydrogen-bond acceptors (Lipinski definition) is 2. The van der Waals surface area contributed by atoms with Crippen LogP contribution < -0.4 is 0 Å². The van der Waals surface area contributed by atoms with Gasteiger partial charge in [-0.1, -0.05) is 218 Å². The van der Waals surface area contributed by atoms with Gasteiger partial charge in [0.15, 0.2) is 0 Å². The highest BCUT2D eigenvalue weighted by molar-refractivity contribution is 6.39. The van der Waals surface area contributed by atoms with Crippen LogP contribution in [0.15, 0.2) is 231 Å². The van der Waals surface area contributed by atoms with Gasteiger partial charge in [-0.05, 0) is 114 Å². The van der Waals surface area contributed by atoms with Crippen LogP contribution in [0.4, 0.5) is 0 Å². The Morgan fingerprint density at radius 2 is 0.682 bits per heavy atom. The molecule has 0 saturated carbocycles. The zero-order valence-electron chi connectivity index (χ0n) is 35.8. The van der Waals surface area contributed by atoms with Gasteiger partial charge in [-0.3, -0.25) is 4.98 Å². The van der Waals surface area contributed by atoms with E-state index in [4.69, 9.17) is 9.97 Å². The molecule has 14 rings (SSSR count). The Balaban J connectivity index is 1.00. The number of nitrogens with zero attached hydrogens (tertiary/aromatic N) is 2. The molecular weight excluding hydrogens is 797 g/mol. The van der Waals surface area contributed by atoms with E-state index in [1.54, 1.807) is 0 Å². The van der Waals surface area contributed by atoms with Crippen LogP contribution in [0.1, 0.15) is 0 Å². The summed E-state index contributed by atoms with van der Waals surface area (Å²) in [7, 11) is 0. The highest BCUT2D eigenvalue weighted by atomic mass is 14.8. The molecule has 0 saturated heterocycles. The van der Waals surface area contributed by atoms with Gasteiger partial charge >= 0.3 is 0 Å². The SMILES string of the molecule is c1ccc(-c2ncc(-c3ccc(-c4c5ccccc5c(-c5cc6cccc7c8cccc9ccc%10cccc(c%11cccc5c%11c67)c%10c98)c5ccccc45)cc3)nc2-c2ccccc2)cc1. The van der Waals surface area contributed by atoms with E-state index >= 15 is 0 Å². The second-order valence-corrected chi connectivity index (χ2v) is 17.5. The van der Waals surface area contributed by atoms with E-state index in [2.05, 4.69) is 212 Å². The van der Waals surface area contributed by atoms with E-state index in [0.717, 1.165) is 39.3 Å². The van der Waals surface area contributed by atoms with Crippen molar-refractivity contribution in [1.29, 1.82) is 0 Å². The van der Waals surface area contributed by atoms with Crippen molar-refractivity contribution < 1.29 is 0 Å². The number of hydrogen-bond donors (Lipinski definition) is 0. The summed E-state index contributed by atoms with van der Waals surface area (Å²) in [5.74, 6) is 0. The summed E-state index contributed by atoms with van der Waals surface area (Å²) in [6.45, 7) is 0. The lowest BCUT2D eigenvalue weighted by molar-refractivity contribution is 1.21. The molecule has 14 aromatic rings. The lowest BCUT2D eigenvalue weighted by Crippen LogP contribution is -1.96. The van der Waals surface area contributed by atoms with Crippen LogP contribution in [0.25, 0.3) is 142 Å². The highest BCUT2D eigenvalue weighted by Gasteiger charge is 2.22. The number of aromatic nitrogens is 2. The van der Waals surface area contributed by atoms with E-state index in [1.807, 2.05) is 18.3 Å². The second kappa shape index (κ2) is 14.4. The number of benzene rings is 12. The molecule has 0 atom stereocenters. The van der Waals surface area contributed by atoms with Crippen molar-refractivity contribution in [3.63, 3.8) is 0 Å². The minimum Gasteiger partial charge on any atom is -0.252 e. The minimum atomic E-state index is 0.840. The van der Waals surface area contributed by atoms with Gasteiger partial charge in [0.1, 0.15) is 0 Å². The van der Waals surface area contributed by atoms with Crippen LogP contribution in [-0.2, 0) is 0 Å². The minimum absolute atomic E-state index is 0.840. The van der Waals surface area contributed by atoms with Gasteiger partial charge in [-0.25, -0.2) is 4.98 Å². The van der Waals surface area contributed by atoms with Crippen molar-refractivity contribution in [1.82, 2.24) is 9.97 Å². The fraction of sp³-hybridized carbons (Fsp3) is 0. The van der Waals surface area contributed by atoms with E-state index in [9.17, 15) is 0 Å². The van der Waals surface area contributed by atoms with Crippen molar-refractivity contribution in [3.8, 4) is 56.0 Å².